The van der Waals surface area contributed by atoms with Gasteiger partial charge in [0.25, 0.3) is 0 Å². The highest BCUT2D eigenvalue weighted by Gasteiger charge is 2.31. The second kappa shape index (κ2) is 12.0. The number of fused-ring (bicyclic) bond motifs is 3. The molecule has 1 aliphatic rings. The Morgan fingerprint density at radius 2 is 1.43 bits per heavy atom. The Bertz CT molecular complexity index is 1370. The standard InChI is InChI=1S/C31H34N4O5/c1-19(36)34-27(28(37)35-31(2,3)29(32)38)16-20-12-14-21(15-13-20)17-33-30(39)40-18-26-24-10-6-4-8-22(24)23-9-5-7-11-25(23)26/h4-15,26-27H,16-18H2,1-3H3,(H2,32,38)(H,33,39)(H,34,36)(H,35,37)/t27-/m0/s1. The number of benzene rings is 3. The molecule has 0 spiro atoms. The molecule has 208 valence electrons. The Morgan fingerprint density at radius 1 is 0.875 bits per heavy atom. The van der Waals surface area contributed by atoms with E-state index in [1.54, 1.807) is 0 Å². The van der Waals surface area contributed by atoms with Gasteiger partial charge in [0.05, 0.1) is 0 Å². The van der Waals surface area contributed by atoms with Crippen molar-refractivity contribution < 1.29 is 23.9 Å². The summed E-state index contributed by atoms with van der Waals surface area (Å²) >= 11 is 0. The summed E-state index contributed by atoms with van der Waals surface area (Å²) in [6, 6.07) is 22.7. The van der Waals surface area contributed by atoms with Crippen LogP contribution in [0.3, 0.4) is 0 Å². The van der Waals surface area contributed by atoms with Crippen molar-refractivity contribution in [3.63, 3.8) is 0 Å². The van der Waals surface area contributed by atoms with Crippen LogP contribution in [-0.2, 0) is 32.1 Å². The van der Waals surface area contributed by atoms with Gasteiger partial charge in [-0.1, -0.05) is 72.8 Å². The fourth-order valence-corrected chi connectivity index (χ4v) is 4.76. The molecule has 3 aromatic carbocycles. The number of amides is 4. The molecule has 9 nitrogen and oxygen atoms in total. The summed E-state index contributed by atoms with van der Waals surface area (Å²) in [7, 11) is 0. The molecule has 0 unspecified atom stereocenters. The quantitative estimate of drug-likeness (QED) is 0.312. The van der Waals surface area contributed by atoms with Crippen LogP contribution in [0.2, 0.25) is 0 Å². The van der Waals surface area contributed by atoms with Gasteiger partial charge in [0, 0.05) is 25.8 Å². The molecule has 5 N–H and O–H groups in total. The third-order valence-electron chi connectivity index (χ3n) is 6.99. The average Bonchev–Trinajstić information content (AvgIpc) is 3.24. The summed E-state index contributed by atoms with van der Waals surface area (Å²) in [5.41, 5.74) is 10.4. The zero-order chi connectivity index (χ0) is 28.9. The molecule has 0 aromatic heterocycles. The molecule has 3 aromatic rings. The molecule has 0 radical (unpaired) electrons. The lowest BCUT2D eigenvalue weighted by Gasteiger charge is -2.26. The number of primary amides is 1. The van der Waals surface area contributed by atoms with E-state index >= 15 is 0 Å². The zero-order valence-corrected chi connectivity index (χ0v) is 22.8. The maximum atomic E-state index is 12.7. The Morgan fingerprint density at radius 3 is 1.98 bits per heavy atom. The van der Waals surface area contributed by atoms with Gasteiger partial charge < -0.3 is 26.4 Å². The van der Waals surface area contributed by atoms with Gasteiger partial charge in [-0.15, -0.1) is 0 Å². The number of alkyl carbamates (subject to hydrolysis) is 1. The predicted octanol–water partition coefficient (Wildman–Crippen LogP) is 3.15. The second-order valence-electron chi connectivity index (χ2n) is 10.4. The number of hydrogen-bond acceptors (Lipinski definition) is 5. The maximum absolute atomic E-state index is 12.7. The van der Waals surface area contributed by atoms with Crippen LogP contribution in [-0.4, -0.2) is 42.0 Å². The molecule has 0 heterocycles. The van der Waals surface area contributed by atoms with Crippen LogP contribution in [0, 0.1) is 0 Å². The molecular weight excluding hydrogens is 508 g/mol. The molecule has 0 fully saturated rings. The highest BCUT2D eigenvalue weighted by molar-refractivity contribution is 5.93. The fraction of sp³-hybridized carbons (Fsp3) is 0.290. The molecule has 40 heavy (non-hydrogen) atoms. The van der Waals surface area contributed by atoms with Crippen LogP contribution >= 0.6 is 0 Å². The molecule has 0 aliphatic heterocycles. The Hall–Kier alpha value is -4.66. The van der Waals surface area contributed by atoms with E-state index in [-0.39, 0.29) is 31.4 Å². The zero-order valence-electron chi connectivity index (χ0n) is 22.8. The first-order chi connectivity index (χ1) is 19.0. The summed E-state index contributed by atoms with van der Waals surface area (Å²) < 4.78 is 5.59. The largest absolute Gasteiger partial charge is 0.449 e. The number of rotatable bonds is 10. The van der Waals surface area contributed by atoms with Gasteiger partial charge in [0.1, 0.15) is 18.2 Å². The molecule has 4 rings (SSSR count). The van der Waals surface area contributed by atoms with Gasteiger partial charge in [-0.25, -0.2) is 4.79 Å². The van der Waals surface area contributed by atoms with Crippen molar-refractivity contribution in [3.05, 3.63) is 95.1 Å². The first kappa shape index (κ1) is 28.4. The number of ether oxygens (including phenoxy) is 1. The molecular formula is C31H34N4O5. The summed E-state index contributed by atoms with van der Waals surface area (Å²) in [6.45, 7) is 4.81. The number of carbonyl (C=O) groups is 4. The third-order valence-corrected chi connectivity index (χ3v) is 6.99. The topological polar surface area (TPSA) is 140 Å². The maximum Gasteiger partial charge on any atom is 0.407 e. The smallest absolute Gasteiger partial charge is 0.407 e. The summed E-state index contributed by atoms with van der Waals surface area (Å²) in [5, 5.41) is 7.98. The lowest BCUT2D eigenvalue weighted by Crippen LogP contribution is -2.58. The van der Waals surface area contributed by atoms with Crippen LogP contribution in [0.15, 0.2) is 72.8 Å². The van der Waals surface area contributed by atoms with Crippen molar-refractivity contribution in [1.82, 2.24) is 16.0 Å². The van der Waals surface area contributed by atoms with Crippen molar-refractivity contribution in [3.8, 4) is 11.1 Å². The molecule has 1 aliphatic carbocycles. The van der Waals surface area contributed by atoms with Gasteiger partial charge in [-0.3, -0.25) is 14.4 Å². The number of nitrogens with two attached hydrogens (primary N) is 1. The lowest BCUT2D eigenvalue weighted by atomic mass is 9.98. The molecule has 9 heteroatoms. The first-order valence-corrected chi connectivity index (χ1v) is 13.1. The predicted molar refractivity (Wildman–Crippen MR) is 151 cm³/mol. The minimum absolute atomic E-state index is 0.0141. The third kappa shape index (κ3) is 6.66. The van der Waals surface area contributed by atoms with Gasteiger partial charge in [-0.2, -0.15) is 0 Å². The van der Waals surface area contributed by atoms with E-state index in [2.05, 4.69) is 40.2 Å². The van der Waals surface area contributed by atoms with Gasteiger partial charge >= 0.3 is 6.09 Å². The minimum Gasteiger partial charge on any atom is -0.449 e. The van der Waals surface area contributed by atoms with Crippen molar-refractivity contribution >= 4 is 23.8 Å². The van der Waals surface area contributed by atoms with Crippen LogP contribution in [0.4, 0.5) is 4.79 Å². The molecule has 0 saturated heterocycles. The van der Waals surface area contributed by atoms with E-state index in [9.17, 15) is 19.2 Å². The van der Waals surface area contributed by atoms with E-state index in [0.717, 1.165) is 22.3 Å². The van der Waals surface area contributed by atoms with E-state index in [1.165, 1.54) is 31.9 Å². The fourth-order valence-electron chi connectivity index (χ4n) is 4.76. The molecule has 0 bridgehead atoms. The van der Waals surface area contributed by atoms with Crippen molar-refractivity contribution in [2.75, 3.05) is 6.61 Å². The van der Waals surface area contributed by atoms with Gasteiger partial charge in [0.2, 0.25) is 17.7 Å². The number of nitrogens with one attached hydrogen (secondary N) is 3. The van der Waals surface area contributed by atoms with E-state index in [1.807, 2.05) is 48.5 Å². The van der Waals surface area contributed by atoms with Crippen LogP contribution in [0.5, 0.6) is 0 Å². The Kier molecular flexibility index (Phi) is 8.52. The van der Waals surface area contributed by atoms with Crippen LogP contribution in [0.1, 0.15) is 48.9 Å². The second-order valence-corrected chi connectivity index (χ2v) is 10.4. The van der Waals surface area contributed by atoms with Crippen molar-refractivity contribution in [2.45, 2.75) is 51.2 Å². The van der Waals surface area contributed by atoms with Crippen LogP contribution < -0.4 is 21.7 Å². The van der Waals surface area contributed by atoms with Crippen molar-refractivity contribution in [1.29, 1.82) is 0 Å². The number of carbonyl (C=O) groups excluding carboxylic acids is 4. The highest BCUT2D eigenvalue weighted by Crippen LogP contribution is 2.44. The Balaban J connectivity index is 1.31. The molecule has 4 amide bonds. The summed E-state index contributed by atoms with van der Waals surface area (Å²) in [6.07, 6.45) is -0.300. The highest BCUT2D eigenvalue weighted by atomic mass is 16.5. The van der Waals surface area contributed by atoms with Crippen molar-refractivity contribution in [2.24, 2.45) is 5.73 Å². The molecule has 0 saturated carbocycles. The van der Waals surface area contributed by atoms with Crippen LogP contribution in [0.25, 0.3) is 11.1 Å². The summed E-state index contributed by atoms with van der Waals surface area (Å²) in [4.78, 5) is 48.5. The normalized spacial score (nSPS) is 13.0. The summed E-state index contributed by atoms with van der Waals surface area (Å²) in [5.74, 6) is -1.59. The molecule has 1 atom stereocenters. The SMILES string of the molecule is CC(=O)N[C@@H](Cc1ccc(CNC(=O)OCC2c3ccccc3-c3ccccc32)cc1)C(=O)NC(C)(C)C(N)=O. The average molecular weight is 543 g/mol. The van der Waals surface area contributed by atoms with Gasteiger partial charge in [-0.05, 0) is 47.2 Å². The van der Waals surface area contributed by atoms with E-state index in [0.29, 0.717) is 0 Å². The van der Waals surface area contributed by atoms with Gasteiger partial charge in [0.15, 0.2) is 0 Å². The first-order valence-electron chi connectivity index (χ1n) is 13.1. The van der Waals surface area contributed by atoms with E-state index in [4.69, 9.17) is 10.5 Å². The monoisotopic (exact) mass is 542 g/mol. The van der Waals surface area contributed by atoms with E-state index < -0.39 is 29.5 Å². The lowest BCUT2D eigenvalue weighted by molar-refractivity contribution is -0.133. The minimum atomic E-state index is -1.26. The Labute approximate surface area is 233 Å². The number of hydrogen-bond donors (Lipinski definition) is 4.